The van der Waals surface area contributed by atoms with Gasteiger partial charge in [0.05, 0.1) is 19.0 Å². The lowest BCUT2D eigenvalue weighted by atomic mass is 9.97. The van der Waals surface area contributed by atoms with E-state index >= 15 is 0 Å². The number of hydrogen-bond donors (Lipinski definition) is 1. The summed E-state index contributed by atoms with van der Waals surface area (Å²) in [6, 6.07) is -0.122. The molecule has 8 heteroatoms. The Labute approximate surface area is 128 Å². The molecule has 0 aliphatic carbocycles. The molecule has 0 aromatic rings. The van der Waals surface area contributed by atoms with E-state index in [1.807, 2.05) is 6.92 Å². The molecule has 0 aromatic carbocycles. The Hall–Kier alpha value is -1.31. The van der Waals surface area contributed by atoms with Crippen molar-refractivity contribution in [3.8, 4) is 0 Å². The molecule has 1 aliphatic rings. The molecular formula is C14H23F3N2O3. The first-order valence-electron chi connectivity index (χ1n) is 7.45. The number of alkyl halides is 3. The second-order valence-corrected chi connectivity index (χ2v) is 5.78. The molecule has 1 fully saturated rings. The zero-order valence-electron chi connectivity index (χ0n) is 12.9. The predicted molar refractivity (Wildman–Crippen MR) is 74.3 cm³/mol. The Morgan fingerprint density at radius 1 is 1.36 bits per heavy atom. The Kier molecular flexibility index (Phi) is 6.65. The monoisotopic (exact) mass is 324 g/mol. The highest BCUT2D eigenvalue weighted by molar-refractivity contribution is 5.79. The quantitative estimate of drug-likeness (QED) is 0.811. The predicted octanol–water partition coefficient (Wildman–Crippen LogP) is 1.97. The number of carbonyl (C=O) groups excluding carboxylic acids is 1. The van der Waals surface area contributed by atoms with Crippen LogP contribution in [0.25, 0.3) is 0 Å². The van der Waals surface area contributed by atoms with Gasteiger partial charge in [0.2, 0.25) is 5.91 Å². The largest absolute Gasteiger partial charge is 0.480 e. The first-order chi connectivity index (χ1) is 10.1. The van der Waals surface area contributed by atoms with Gasteiger partial charge in [0.15, 0.2) is 0 Å². The number of piperidine rings is 1. The second kappa shape index (κ2) is 7.80. The second-order valence-electron chi connectivity index (χ2n) is 5.78. The van der Waals surface area contributed by atoms with Gasteiger partial charge in [0.25, 0.3) is 0 Å². The minimum absolute atomic E-state index is 0.0392. The van der Waals surface area contributed by atoms with Crippen LogP contribution in [0, 0.1) is 5.92 Å². The molecule has 5 nitrogen and oxygen atoms in total. The highest BCUT2D eigenvalue weighted by Gasteiger charge is 2.42. The molecule has 1 heterocycles. The summed E-state index contributed by atoms with van der Waals surface area (Å²) in [5.74, 6) is -2.97. The van der Waals surface area contributed by atoms with Crippen LogP contribution in [0.3, 0.4) is 0 Å². The minimum atomic E-state index is -4.30. The lowest BCUT2D eigenvalue weighted by Crippen LogP contribution is -2.50. The molecule has 128 valence electrons. The van der Waals surface area contributed by atoms with Crippen molar-refractivity contribution in [3.05, 3.63) is 0 Å². The first kappa shape index (κ1) is 18.7. The Balaban J connectivity index is 2.67. The van der Waals surface area contributed by atoms with Gasteiger partial charge >= 0.3 is 12.1 Å². The zero-order chi connectivity index (χ0) is 16.9. The fourth-order valence-corrected chi connectivity index (χ4v) is 2.54. The smallest absolute Gasteiger partial charge is 0.393 e. The molecule has 1 aliphatic heterocycles. The van der Waals surface area contributed by atoms with E-state index in [2.05, 4.69) is 0 Å². The Morgan fingerprint density at radius 2 is 2.00 bits per heavy atom. The van der Waals surface area contributed by atoms with Gasteiger partial charge in [0, 0.05) is 19.1 Å². The SMILES string of the molecule is CC[C@H](C)N(CC(=O)O)CC(=O)N1CCC[C@H](C(F)(F)F)C1. The number of nitrogens with zero attached hydrogens (tertiary/aromatic N) is 2. The summed E-state index contributed by atoms with van der Waals surface area (Å²) in [6.07, 6.45) is -3.28. The van der Waals surface area contributed by atoms with Crippen LogP contribution in [-0.4, -0.2) is 65.2 Å². The molecule has 0 unspecified atom stereocenters. The first-order valence-corrected chi connectivity index (χ1v) is 7.45. The molecule has 0 radical (unpaired) electrons. The Morgan fingerprint density at radius 3 is 2.50 bits per heavy atom. The standard InChI is InChI=1S/C14H23F3N2O3/c1-3-10(2)19(9-13(21)22)8-12(20)18-6-4-5-11(7-18)14(15,16)17/h10-11H,3-9H2,1-2H3,(H,21,22)/t10-,11-/m0/s1. The van der Waals surface area contributed by atoms with E-state index in [0.29, 0.717) is 19.4 Å². The van der Waals surface area contributed by atoms with Crippen molar-refractivity contribution in [2.75, 3.05) is 26.2 Å². The third-order valence-corrected chi connectivity index (χ3v) is 4.13. The van der Waals surface area contributed by atoms with Gasteiger partial charge in [-0.1, -0.05) is 6.92 Å². The maximum Gasteiger partial charge on any atom is 0.393 e. The molecule has 1 N–H and O–H groups in total. The van der Waals surface area contributed by atoms with Crippen LogP contribution in [0.15, 0.2) is 0 Å². The summed E-state index contributed by atoms with van der Waals surface area (Å²) in [6.45, 7) is 3.18. The average Bonchev–Trinajstić information content (AvgIpc) is 2.44. The summed E-state index contributed by atoms with van der Waals surface area (Å²) in [4.78, 5) is 25.8. The summed E-state index contributed by atoms with van der Waals surface area (Å²) in [5.41, 5.74) is 0. The Bertz CT molecular complexity index is 401. The van der Waals surface area contributed by atoms with Crippen molar-refractivity contribution in [2.24, 2.45) is 5.92 Å². The lowest BCUT2D eigenvalue weighted by Gasteiger charge is -2.35. The van der Waals surface area contributed by atoms with Gasteiger partial charge in [-0.15, -0.1) is 0 Å². The molecule has 0 spiro atoms. The molecule has 0 saturated carbocycles. The van der Waals surface area contributed by atoms with Gasteiger partial charge in [-0.25, -0.2) is 0 Å². The highest BCUT2D eigenvalue weighted by atomic mass is 19.4. The van der Waals surface area contributed by atoms with Gasteiger partial charge in [-0.3, -0.25) is 14.5 Å². The average molecular weight is 324 g/mol. The van der Waals surface area contributed by atoms with Crippen molar-refractivity contribution >= 4 is 11.9 Å². The van der Waals surface area contributed by atoms with Crippen LogP contribution < -0.4 is 0 Å². The van der Waals surface area contributed by atoms with Gasteiger partial charge in [-0.2, -0.15) is 13.2 Å². The number of aliphatic carboxylic acids is 1. The van der Waals surface area contributed by atoms with Gasteiger partial charge in [0.1, 0.15) is 0 Å². The number of rotatable bonds is 6. The van der Waals surface area contributed by atoms with Gasteiger partial charge < -0.3 is 10.0 Å². The van der Waals surface area contributed by atoms with Crippen molar-refractivity contribution in [1.82, 2.24) is 9.80 Å². The fourth-order valence-electron chi connectivity index (χ4n) is 2.54. The zero-order valence-corrected chi connectivity index (χ0v) is 12.9. The number of carbonyl (C=O) groups is 2. The molecule has 2 atom stereocenters. The number of carboxylic acids is 1. The molecular weight excluding hydrogens is 301 g/mol. The lowest BCUT2D eigenvalue weighted by molar-refractivity contribution is -0.188. The molecule has 0 bridgehead atoms. The number of hydrogen-bond acceptors (Lipinski definition) is 3. The van der Waals surface area contributed by atoms with E-state index < -0.39 is 24.0 Å². The molecule has 1 amide bonds. The summed E-state index contributed by atoms with van der Waals surface area (Å²) < 4.78 is 38.3. The van der Waals surface area contributed by atoms with Crippen LogP contribution in [-0.2, 0) is 9.59 Å². The third kappa shape index (κ3) is 5.47. The maximum absolute atomic E-state index is 12.8. The van der Waals surface area contributed by atoms with E-state index in [1.165, 1.54) is 9.80 Å². The van der Waals surface area contributed by atoms with Crippen molar-refractivity contribution < 1.29 is 27.9 Å². The number of amides is 1. The van der Waals surface area contributed by atoms with Gasteiger partial charge in [-0.05, 0) is 26.2 Å². The highest BCUT2D eigenvalue weighted by Crippen LogP contribution is 2.33. The maximum atomic E-state index is 12.8. The molecule has 1 saturated heterocycles. The molecule has 0 aromatic heterocycles. The van der Waals surface area contributed by atoms with Crippen LogP contribution in [0.1, 0.15) is 33.1 Å². The van der Waals surface area contributed by atoms with E-state index in [9.17, 15) is 22.8 Å². The van der Waals surface area contributed by atoms with Crippen molar-refractivity contribution in [2.45, 2.75) is 45.3 Å². The topological polar surface area (TPSA) is 60.9 Å². The van der Waals surface area contributed by atoms with E-state index in [0.717, 1.165) is 0 Å². The van der Waals surface area contributed by atoms with Crippen molar-refractivity contribution in [3.63, 3.8) is 0 Å². The summed E-state index contributed by atoms with van der Waals surface area (Å²) in [7, 11) is 0. The van der Waals surface area contributed by atoms with Crippen LogP contribution >= 0.6 is 0 Å². The molecule has 1 rings (SSSR count). The van der Waals surface area contributed by atoms with E-state index in [4.69, 9.17) is 5.11 Å². The van der Waals surface area contributed by atoms with E-state index in [-0.39, 0.29) is 32.1 Å². The van der Waals surface area contributed by atoms with E-state index in [1.54, 1.807) is 6.92 Å². The van der Waals surface area contributed by atoms with Crippen molar-refractivity contribution in [1.29, 1.82) is 0 Å². The third-order valence-electron chi connectivity index (χ3n) is 4.13. The summed E-state index contributed by atoms with van der Waals surface area (Å²) in [5, 5.41) is 8.88. The number of likely N-dealkylation sites (tertiary alicyclic amines) is 1. The van der Waals surface area contributed by atoms with Crippen LogP contribution in [0.2, 0.25) is 0 Å². The minimum Gasteiger partial charge on any atom is -0.480 e. The van der Waals surface area contributed by atoms with Crippen LogP contribution in [0.5, 0.6) is 0 Å². The number of carboxylic acid groups (broad SMARTS) is 1. The molecule has 22 heavy (non-hydrogen) atoms. The van der Waals surface area contributed by atoms with Crippen LogP contribution in [0.4, 0.5) is 13.2 Å². The number of halogens is 3. The summed E-state index contributed by atoms with van der Waals surface area (Å²) >= 11 is 0. The normalized spacial score (nSPS) is 21.0. The fraction of sp³-hybridized carbons (Fsp3) is 0.857.